The topological polar surface area (TPSA) is 26.3 Å². The van der Waals surface area contributed by atoms with Crippen LogP contribution in [0.15, 0.2) is 54.6 Å². The molecule has 2 aromatic rings. The number of para-hydroxylation sites is 1. The molecular formula is C16H15O2. The average molecular weight is 239 g/mol. The van der Waals surface area contributed by atoms with Gasteiger partial charge in [0.25, 0.3) is 0 Å². The van der Waals surface area contributed by atoms with Gasteiger partial charge in [0.2, 0.25) is 0 Å². The molecule has 0 unspecified atom stereocenters. The van der Waals surface area contributed by atoms with Gasteiger partial charge in [0.15, 0.2) is 0 Å². The van der Waals surface area contributed by atoms with Crippen LogP contribution in [0.5, 0.6) is 11.5 Å². The molecule has 0 spiro atoms. The highest BCUT2D eigenvalue weighted by Crippen LogP contribution is 2.25. The lowest BCUT2D eigenvalue weighted by atomic mass is 9.97. The van der Waals surface area contributed by atoms with Crippen molar-refractivity contribution in [1.82, 2.24) is 0 Å². The molecule has 0 aliphatic carbocycles. The van der Waals surface area contributed by atoms with Crippen molar-refractivity contribution in [3.8, 4) is 11.5 Å². The molecule has 0 heterocycles. The maximum atomic E-state index is 11.3. The molecule has 1 atom stereocenters. The van der Waals surface area contributed by atoms with Crippen LogP contribution in [0.3, 0.4) is 0 Å². The Bertz CT molecular complexity index is 532. The monoisotopic (exact) mass is 239 g/mol. The van der Waals surface area contributed by atoms with Crippen molar-refractivity contribution in [2.24, 2.45) is 0 Å². The highest BCUT2D eigenvalue weighted by molar-refractivity contribution is 5.84. The van der Waals surface area contributed by atoms with E-state index in [9.17, 15) is 4.79 Å². The van der Waals surface area contributed by atoms with Crippen LogP contribution in [0.4, 0.5) is 0 Å². The molecule has 2 aromatic carbocycles. The van der Waals surface area contributed by atoms with Crippen LogP contribution in [-0.4, -0.2) is 5.78 Å². The predicted octanol–water partition coefficient (Wildman–Crippen LogP) is 3.99. The van der Waals surface area contributed by atoms with Crippen LogP contribution in [0.2, 0.25) is 0 Å². The number of Topliss-reactive ketones (excluding diaryl/α,β-unsaturated/α-hetero) is 1. The van der Waals surface area contributed by atoms with Gasteiger partial charge in [0.05, 0.1) is 0 Å². The second-order valence-electron chi connectivity index (χ2n) is 4.15. The Morgan fingerprint density at radius 3 is 2.39 bits per heavy atom. The van der Waals surface area contributed by atoms with Crippen LogP contribution >= 0.6 is 0 Å². The maximum Gasteiger partial charge on any atom is 0.137 e. The van der Waals surface area contributed by atoms with E-state index in [-0.39, 0.29) is 11.7 Å². The average Bonchev–Trinajstić information content (AvgIpc) is 2.39. The summed E-state index contributed by atoms with van der Waals surface area (Å²) < 4.78 is 5.71. The Morgan fingerprint density at radius 2 is 1.72 bits per heavy atom. The number of hydrogen-bond acceptors (Lipinski definition) is 2. The van der Waals surface area contributed by atoms with Gasteiger partial charge >= 0.3 is 0 Å². The summed E-state index contributed by atoms with van der Waals surface area (Å²) in [5.41, 5.74) is 0.871. The number of carbonyl (C=O) groups is 1. The summed E-state index contributed by atoms with van der Waals surface area (Å²) in [6, 6.07) is 17.0. The van der Waals surface area contributed by atoms with E-state index in [1.807, 2.05) is 54.6 Å². The third-order valence-electron chi connectivity index (χ3n) is 2.73. The van der Waals surface area contributed by atoms with Crippen molar-refractivity contribution < 1.29 is 9.53 Å². The van der Waals surface area contributed by atoms with E-state index in [4.69, 9.17) is 4.74 Å². The van der Waals surface area contributed by atoms with Crippen LogP contribution in [-0.2, 0) is 4.79 Å². The fraction of sp³-hybridized carbons (Fsp3) is 0.125. The number of ether oxygens (including phenoxy) is 1. The Kier molecular flexibility index (Phi) is 3.78. The molecule has 2 heteroatoms. The van der Waals surface area contributed by atoms with E-state index in [2.05, 4.69) is 6.92 Å². The van der Waals surface area contributed by atoms with Gasteiger partial charge in [0.1, 0.15) is 17.3 Å². The Balaban J connectivity index is 2.20. The quantitative estimate of drug-likeness (QED) is 0.806. The lowest BCUT2D eigenvalue weighted by Crippen LogP contribution is -2.04. The largest absolute Gasteiger partial charge is 0.457 e. The van der Waals surface area contributed by atoms with Gasteiger partial charge in [-0.3, -0.25) is 4.79 Å². The molecule has 0 aliphatic heterocycles. The third kappa shape index (κ3) is 2.98. The van der Waals surface area contributed by atoms with Gasteiger partial charge in [-0.25, -0.2) is 0 Å². The van der Waals surface area contributed by atoms with Crippen LogP contribution in [0.25, 0.3) is 0 Å². The fourth-order valence-electron chi connectivity index (χ4n) is 1.65. The van der Waals surface area contributed by atoms with Gasteiger partial charge < -0.3 is 4.74 Å². The van der Waals surface area contributed by atoms with E-state index in [1.165, 1.54) is 0 Å². The van der Waals surface area contributed by atoms with Crippen molar-refractivity contribution in [3.63, 3.8) is 0 Å². The Morgan fingerprint density at radius 1 is 1.06 bits per heavy atom. The number of benzene rings is 2. The second kappa shape index (κ2) is 5.50. The molecule has 0 aliphatic rings. The van der Waals surface area contributed by atoms with Crippen LogP contribution in [0.1, 0.15) is 18.4 Å². The van der Waals surface area contributed by atoms with E-state index in [0.717, 1.165) is 11.3 Å². The second-order valence-corrected chi connectivity index (χ2v) is 4.15. The minimum absolute atomic E-state index is 0.0480. The third-order valence-corrected chi connectivity index (χ3v) is 2.73. The molecule has 2 nitrogen and oxygen atoms in total. The number of ketones is 1. The fourth-order valence-corrected chi connectivity index (χ4v) is 1.65. The zero-order valence-electron chi connectivity index (χ0n) is 10.3. The van der Waals surface area contributed by atoms with Crippen molar-refractivity contribution in [3.05, 3.63) is 67.1 Å². The van der Waals surface area contributed by atoms with Crippen LogP contribution in [0, 0.1) is 6.92 Å². The Hall–Kier alpha value is -2.09. The molecule has 0 N–H and O–H groups in total. The van der Waals surface area contributed by atoms with Gasteiger partial charge in [-0.05, 0) is 43.7 Å². The minimum Gasteiger partial charge on any atom is -0.457 e. The Labute approximate surface area is 107 Å². The van der Waals surface area contributed by atoms with E-state index < -0.39 is 0 Å². The molecule has 0 saturated heterocycles. The van der Waals surface area contributed by atoms with Gasteiger partial charge in [-0.15, -0.1) is 0 Å². The van der Waals surface area contributed by atoms with E-state index in [0.29, 0.717) is 5.75 Å². The zero-order valence-corrected chi connectivity index (χ0v) is 10.3. The number of hydrogen-bond donors (Lipinski definition) is 0. The molecule has 18 heavy (non-hydrogen) atoms. The van der Waals surface area contributed by atoms with Crippen molar-refractivity contribution in [1.29, 1.82) is 0 Å². The molecule has 2 rings (SSSR count). The number of carbonyl (C=O) groups excluding carboxylic acids is 1. The summed E-state index contributed by atoms with van der Waals surface area (Å²) in [6.07, 6.45) is 0. The standard InChI is InChI=1S/C16H15O2/c1-12(13(2)17)14-7-6-10-16(11-14)18-15-8-4-3-5-9-15/h3-12H,1H2,2H3/t12-/m0/s1. The molecule has 0 fully saturated rings. The highest BCUT2D eigenvalue weighted by Gasteiger charge is 2.11. The van der Waals surface area contributed by atoms with Crippen molar-refractivity contribution in [2.45, 2.75) is 12.8 Å². The van der Waals surface area contributed by atoms with Gasteiger partial charge in [-0.2, -0.15) is 0 Å². The van der Waals surface area contributed by atoms with Crippen molar-refractivity contribution in [2.75, 3.05) is 0 Å². The first kappa shape index (κ1) is 12.4. The maximum absolute atomic E-state index is 11.3. The highest BCUT2D eigenvalue weighted by atomic mass is 16.5. The minimum atomic E-state index is -0.343. The lowest BCUT2D eigenvalue weighted by Gasteiger charge is -2.10. The van der Waals surface area contributed by atoms with Gasteiger partial charge in [-0.1, -0.05) is 30.3 Å². The molecule has 0 saturated carbocycles. The van der Waals surface area contributed by atoms with Crippen LogP contribution < -0.4 is 4.74 Å². The predicted molar refractivity (Wildman–Crippen MR) is 71.7 cm³/mol. The SMILES string of the molecule is [CH2][C@@H](C(C)=O)c1cccc(Oc2ccccc2)c1. The number of rotatable bonds is 4. The first-order chi connectivity index (χ1) is 8.66. The van der Waals surface area contributed by atoms with E-state index in [1.54, 1.807) is 6.92 Å². The summed E-state index contributed by atoms with van der Waals surface area (Å²) in [7, 11) is 0. The first-order valence-corrected chi connectivity index (χ1v) is 5.83. The molecule has 0 amide bonds. The normalized spacial score (nSPS) is 11.9. The molecule has 0 aromatic heterocycles. The summed E-state index contributed by atoms with van der Waals surface area (Å²) in [6.45, 7) is 5.39. The van der Waals surface area contributed by atoms with Gasteiger partial charge in [0, 0.05) is 5.92 Å². The summed E-state index contributed by atoms with van der Waals surface area (Å²) in [4.78, 5) is 11.3. The lowest BCUT2D eigenvalue weighted by molar-refractivity contribution is -0.117. The zero-order chi connectivity index (χ0) is 13.0. The molecule has 1 radical (unpaired) electrons. The van der Waals surface area contributed by atoms with Crippen molar-refractivity contribution >= 4 is 5.78 Å². The van der Waals surface area contributed by atoms with E-state index >= 15 is 0 Å². The molecular weight excluding hydrogens is 224 g/mol. The summed E-state index contributed by atoms with van der Waals surface area (Å²) in [5.74, 6) is 1.20. The smallest absolute Gasteiger partial charge is 0.137 e. The molecule has 91 valence electrons. The first-order valence-electron chi connectivity index (χ1n) is 5.83. The molecule has 0 bridgehead atoms. The summed E-state index contributed by atoms with van der Waals surface area (Å²) >= 11 is 0. The summed E-state index contributed by atoms with van der Waals surface area (Å²) in [5, 5.41) is 0.